The fourth-order valence-corrected chi connectivity index (χ4v) is 13.0. The van der Waals surface area contributed by atoms with Crippen molar-refractivity contribution in [2.24, 2.45) is 0 Å². The van der Waals surface area contributed by atoms with Gasteiger partial charge in [0.15, 0.2) is 5.78 Å². The van der Waals surface area contributed by atoms with Crippen molar-refractivity contribution in [1.29, 1.82) is 0 Å². The number of methoxy groups -OCH3 is 2. The highest BCUT2D eigenvalue weighted by atomic mass is 33.1. The zero-order chi connectivity index (χ0) is 50.4. The van der Waals surface area contributed by atoms with E-state index in [4.69, 9.17) is 34.4 Å². The second-order valence-corrected chi connectivity index (χ2v) is 23.0. The molecule has 70 heavy (non-hydrogen) atoms. The molecule has 4 atom stereocenters. The normalized spacial score (nSPS) is 18.1. The molecular weight excluding hydrogens is 940 g/mol. The van der Waals surface area contributed by atoms with Crippen LogP contribution in [0.5, 0.6) is 11.5 Å². The number of nitrogens with zero attached hydrogens (tertiary/aromatic N) is 2. The van der Waals surface area contributed by atoms with Crippen LogP contribution >= 0.6 is 30.1 Å². The zero-order valence-corrected chi connectivity index (χ0v) is 44.6. The van der Waals surface area contributed by atoms with Gasteiger partial charge in [0.05, 0.1) is 40.0 Å². The molecule has 2 heterocycles. The predicted molar refractivity (Wildman–Crippen MR) is 282 cm³/mol. The lowest BCUT2D eigenvalue weighted by molar-refractivity contribution is -0.147. The van der Waals surface area contributed by atoms with E-state index in [2.05, 4.69) is 76.4 Å². The maximum absolute atomic E-state index is 13.6. The van der Waals surface area contributed by atoms with E-state index in [9.17, 15) is 14.4 Å². The molecular formula is C56H69N2O9PS2. The molecule has 4 aromatic rings. The van der Waals surface area contributed by atoms with Crippen LogP contribution in [0.15, 0.2) is 120 Å². The Hall–Kier alpha value is -4.48. The monoisotopic (exact) mass is 1010 g/mol. The van der Waals surface area contributed by atoms with E-state index >= 15 is 0 Å². The minimum atomic E-state index is -1.69. The molecule has 0 aromatic heterocycles. The molecule has 4 unspecified atom stereocenters. The first-order valence-electron chi connectivity index (χ1n) is 24.0. The van der Waals surface area contributed by atoms with Gasteiger partial charge in [-0.3, -0.25) is 19.3 Å². The molecule has 1 amide bonds. The van der Waals surface area contributed by atoms with Crippen molar-refractivity contribution in [3.05, 3.63) is 137 Å². The van der Waals surface area contributed by atoms with Gasteiger partial charge in [-0.05, 0) is 114 Å². The first-order valence-corrected chi connectivity index (χ1v) is 27.3. The molecule has 0 N–H and O–H groups in total. The third kappa shape index (κ3) is 14.1. The van der Waals surface area contributed by atoms with Crippen LogP contribution in [0.25, 0.3) is 0 Å². The number of ether oxygens (including phenoxy) is 4. The second kappa shape index (κ2) is 25.8. The summed E-state index contributed by atoms with van der Waals surface area (Å²) in [6.07, 6.45) is 7.89. The summed E-state index contributed by atoms with van der Waals surface area (Å²) < 4.78 is 41.8. The molecule has 0 saturated carbocycles. The van der Waals surface area contributed by atoms with Crippen LogP contribution in [0.3, 0.4) is 0 Å². The summed E-state index contributed by atoms with van der Waals surface area (Å²) >= 11 is 0. The third-order valence-electron chi connectivity index (χ3n) is 12.4. The number of carbonyl (C=O) groups excluding carboxylic acids is 3. The van der Waals surface area contributed by atoms with Crippen LogP contribution in [-0.4, -0.2) is 89.7 Å². The number of benzene rings is 4. The number of hydrogen-bond donors (Lipinski definition) is 0. The Morgan fingerprint density at radius 2 is 1.47 bits per heavy atom. The minimum Gasteiger partial charge on any atom is -0.497 e. The van der Waals surface area contributed by atoms with Crippen molar-refractivity contribution in [1.82, 2.24) is 9.57 Å². The summed E-state index contributed by atoms with van der Waals surface area (Å²) in [5.74, 6) is 3.66. The minimum absolute atomic E-state index is 0.0575. The lowest BCUT2D eigenvalue weighted by atomic mass is 9.80. The molecule has 0 aliphatic carbocycles. The van der Waals surface area contributed by atoms with Gasteiger partial charge in [-0.15, -0.1) is 12.3 Å². The Kier molecular flexibility index (Phi) is 20.2. The Bertz CT molecular complexity index is 2370. The van der Waals surface area contributed by atoms with Crippen molar-refractivity contribution in [2.45, 2.75) is 139 Å². The maximum atomic E-state index is 13.6. The van der Waals surface area contributed by atoms with E-state index in [1.807, 2.05) is 78.9 Å². The number of allylic oxidation sites excluding steroid dienone is 1. The molecule has 0 spiro atoms. The van der Waals surface area contributed by atoms with Crippen molar-refractivity contribution in [2.75, 3.05) is 27.4 Å². The predicted octanol–water partition coefficient (Wildman–Crippen LogP) is 12.1. The molecule has 0 bridgehead atoms. The van der Waals surface area contributed by atoms with Crippen molar-refractivity contribution in [3.63, 3.8) is 0 Å². The number of amides is 1. The SMILES string of the molecule is C#CCCC(=O)CCC(C)(C)SSc1ccccc1CCOP(OC1CC(N2C=C(C)C(=O)CC2=O)OC1COC(c1ccccc1)(c1ccc(OC)cc1)c1ccc(OC)cc1)N(C(C)C)C(C)C. The van der Waals surface area contributed by atoms with Crippen LogP contribution in [0, 0.1) is 12.3 Å². The maximum Gasteiger partial charge on any atom is 0.259 e. The number of ketones is 2. The molecule has 2 aliphatic rings. The Morgan fingerprint density at radius 1 is 0.871 bits per heavy atom. The third-order valence-corrected chi connectivity index (χ3v) is 18.0. The number of rotatable bonds is 26. The summed E-state index contributed by atoms with van der Waals surface area (Å²) in [7, 11) is 5.09. The van der Waals surface area contributed by atoms with Crippen LogP contribution in [-0.2, 0) is 44.9 Å². The molecule has 6 rings (SSSR count). The van der Waals surface area contributed by atoms with E-state index in [1.54, 1.807) is 53.8 Å². The van der Waals surface area contributed by atoms with E-state index in [0.29, 0.717) is 55.8 Å². The topological polar surface area (TPSA) is 113 Å². The van der Waals surface area contributed by atoms with Crippen molar-refractivity contribution >= 4 is 47.6 Å². The average Bonchev–Trinajstić information content (AvgIpc) is 3.75. The average molecular weight is 1010 g/mol. The molecule has 1 fully saturated rings. The smallest absolute Gasteiger partial charge is 0.259 e. The van der Waals surface area contributed by atoms with Crippen LogP contribution < -0.4 is 9.47 Å². The van der Waals surface area contributed by atoms with E-state index in [1.165, 1.54) is 0 Å². The van der Waals surface area contributed by atoms with Gasteiger partial charge in [-0.1, -0.05) is 94.4 Å². The lowest BCUT2D eigenvalue weighted by Gasteiger charge is -2.39. The van der Waals surface area contributed by atoms with Gasteiger partial charge in [0.1, 0.15) is 35.2 Å². The van der Waals surface area contributed by atoms with Gasteiger partial charge >= 0.3 is 0 Å². The second-order valence-electron chi connectivity index (χ2n) is 18.7. The van der Waals surface area contributed by atoms with Crippen LogP contribution in [0.2, 0.25) is 0 Å². The Balaban J connectivity index is 1.30. The van der Waals surface area contributed by atoms with E-state index < -0.39 is 32.6 Å². The number of hydrogen-bond acceptors (Lipinski definition) is 12. The summed E-state index contributed by atoms with van der Waals surface area (Å²) in [5, 5.41) is 0. The van der Waals surface area contributed by atoms with Crippen LogP contribution in [0.1, 0.15) is 109 Å². The molecule has 374 valence electrons. The summed E-state index contributed by atoms with van der Waals surface area (Å²) in [6.45, 7) is 15.1. The van der Waals surface area contributed by atoms with Gasteiger partial charge < -0.3 is 28.0 Å². The summed E-state index contributed by atoms with van der Waals surface area (Å²) in [5.41, 5.74) is 3.12. The fourth-order valence-electron chi connectivity index (χ4n) is 8.62. The highest BCUT2D eigenvalue weighted by Gasteiger charge is 2.47. The molecule has 1 saturated heterocycles. The van der Waals surface area contributed by atoms with Gasteiger partial charge in [-0.2, -0.15) is 0 Å². The molecule has 0 radical (unpaired) electrons. The number of Topliss-reactive ketones (excluding diaryl/α,β-unsaturated/α-hetero) is 2. The largest absolute Gasteiger partial charge is 0.497 e. The van der Waals surface area contributed by atoms with E-state index in [-0.39, 0.29) is 47.3 Å². The van der Waals surface area contributed by atoms with E-state index in [0.717, 1.165) is 33.6 Å². The first kappa shape index (κ1) is 54.8. The van der Waals surface area contributed by atoms with Crippen molar-refractivity contribution in [3.8, 4) is 23.8 Å². The highest BCUT2D eigenvalue weighted by molar-refractivity contribution is 8.77. The van der Waals surface area contributed by atoms with Gasteiger partial charge in [-0.25, -0.2) is 4.67 Å². The van der Waals surface area contributed by atoms with Crippen molar-refractivity contribution < 1.29 is 42.4 Å². The Morgan fingerprint density at radius 3 is 2.07 bits per heavy atom. The number of terminal acetylenes is 1. The van der Waals surface area contributed by atoms with Gasteiger partial charge in [0.25, 0.3) is 8.53 Å². The first-order chi connectivity index (χ1) is 33.6. The quantitative estimate of drug-likeness (QED) is 0.0196. The lowest BCUT2D eigenvalue weighted by Crippen LogP contribution is -2.41. The zero-order valence-electron chi connectivity index (χ0n) is 42.1. The van der Waals surface area contributed by atoms with Gasteiger partial charge in [0, 0.05) is 59.2 Å². The molecule has 2 aliphatic heterocycles. The Labute approximate surface area is 425 Å². The molecule has 4 aromatic carbocycles. The number of carbonyl (C=O) groups is 3. The summed E-state index contributed by atoms with van der Waals surface area (Å²) in [6, 6.07) is 34.3. The van der Waals surface area contributed by atoms with Crippen LogP contribution in [0.4, 0.5) is 0 Å². The standard InChI is InChI=1S/C56H69N2O9PS2/c1-11-12-21-46(59)31-33-55(7,8)70-69-52-22-17-16-18-42(52)32-34-65-68(58(39(2)3)40(4)5)67-50-36-54(57-37-41(6)49(60)35-53(57)61)66-51(50)38-64-56(43-19-14-13-15-20-43,44-23-27-47(62-9)28-24-44)45-25-29-48(63-10)30-26-45/h1,13-20,22-30,37,39-40,50-51,54H,12,21,31-36,38H2,2-10H3. The molecule has 11 nitrogen and oxygen atoms in total. The summed E-state index contributed by atoms with van der Waals surface area (Å²) in [4.78, 5) is 41.3. The molecule has 14 heteroatoms. The fraction of sp³-hybridized carbons (Fsp3) is 0.446. The highest BCUT2D eigenvalue weighted by Crippen LogP contribution is 2.51. The van der Waals surface area contributed by atoms with Gasteiger partial charge in [0.2, 0.25) is 5.91 Å².